The molecule has 2 aromatic rings. The molecule has 7 heteroatoms. The van der Waals surface area contributed by atoms with Crippen molar-refractivity contribution in [2.75, 3.05) is 44.7 Å². The summed E-state index contributed by atoms with van der Waals surface area (Å²) in [7, 11) is 1.89. The van der Waals surface area contributed by atoms with Gasteiger partial charge in [-0.3, -0.25) is 9.89 Å². The number of hydrogen-bond acceptors (Lipinski definition) is 5. The highest BCUT2D eigenvalue weighted by Crippen LogP contribution is 2.25. The van der Waals surface area contributed by atoms with Crippen LogP contribution in [0.25, 0.3) is 0 Å². The Kier molecular flexibility index (Phi) is 7.46. The molecule has 0 amide bonds. The lowest BCUT2D eigenvalue weighted by molar-refractivity contribution is 0.169. The summed E-state index contributed by atoms with van der Waals surface area (Å²) in [6.45, 7) is 6.76. The largest absolute Gasteiger partial charge is 0.363 e. The van der Waals surface area contributed by atoms with Crippen molar-refractivity contribution in [3.8, 4) is 0 Å². The van der Waals surface area contributed by atoms with E-state index in [1.807, 2.05) is 29.7 Å². The number of nitrogens with zero attached hydrogens (tertiary/aromatic N) is 3. The quantitative estimate of drug-likeness (QED) is 0.538. The summed E-state index contributed by atoms with van der Waals surface area (Å²) in [5.74, 6) is 1.66. The van der Waals surface area contributed by atoms with E-state index in [0.29, 0.717) is 12.0 Å². The van der Waals surface area contributed by atoms with Gasteiger partial charge in [0.05, 0.1) is 5.00 Å². The van der Waals surface area contributed by atoms with Crippen LogP contribution in [0.5, 0.6) is 0 Å². The van der Waals surface area contributed by atoms with Gasteiger partial charge in [0.1, 0.15) is 0 Å². The standard InChI is InChI=1S/C22H33N5S2/c1-23-22(25-19-8-11-27(12-9-19)21-7-4-14-29-21)24-15-18-5-2-10-26(16-18)17-20-6-3-13-28-20/h3-4,6-7,13-14,18-19H,2,5,8-12,15-17H2,1H3,(H2,23,24,25). The number of rotatable bonds is 6. The molecule has 5 nitrogen and oxygen atoms in total. The molecule has 4 heterocycles. The molecular weight excluding hydrogens is 398 g/mol. The lowest BCUT2D eigenvalue weighted by Crippen LogP contribution is -2.50. The van der Waals surface area contributed by atoms with Gasteiger partial charge in [-0.15, -0.1) is 22.7 Å². The van der Waals surface area contributed by atoms with Gasteiger partial charge in [0.15, 0.2) is 5.96 Å². The lowest BCUT2D eigenvalue weighted by atomic mass is 9.98. The Labute approximate surface area is 182 Å². The molecule has 0 bridgehead atoms. The minimum Gasteiger partial charge on any atom is -0.363 e. The molecule has 0 aromatic carbocycles. The highest BCUT2D eigenvalue weighted by Gasteiger charge is 2.23. The maximum atomic E-state index is 4.49. The fraction of sp³-hybridized carbons (Fsp3) is 0.591. The Morgan fingerprint density at radius 1 is 1.10 bits per heavy atom. The Hall–Kier alpha value is -1.57. The third kappa shape index (κ3) is 5.96. The van der Waals surface area contributed by atoms with Crippen molar-refractivity contribution >= 4 is 33.6 Å². The molecule has 2 aromatic heterocycles. The first kappa shape index (κ1) is 20.7. The Morgan fingerprint density at radius 3 is 2.66 bits per heavy atom. The van der Waals surface area contributed by atoms with E-state index < -0.39 is 0 Å². The second kappa shape index (κ2) is 10.5. The molecule has 2 aliphatic heterocycles. The molecule has 2 aliphatic rings. The number of aliphatic imine (C=N–C) groups is 1. The molecular formula is C22H33N5S2. The highest BCUT2D eigenvalue weighted by atomic mass is 32.1. The van der Waals surface area contributed by atoms with Crippen molar-refractivity contribution in [1.29, 1.82) is 0 Å². The molecule has 0 spiro atoms. The fourth-order valence-corrected chi connectivity index (χ4v) is 5.94. The zero-order valence-electron chi connectivity index (χ0n) is 17.3. The van der Waals surface area contributed by atoms with Gasteiger partial charge >= 0.3 is 0 Å². The Balaban J connectivity index is 1.18. The van der Waals surface area contributed by atoms with Crippen LogP contribution >= 0.6 is 22.7 Å². The van der Waals surface area contributed by atoms with E-state index in [9.17, 15) is 0 Å². The zero-order valence-corrected chi connectivity index (χ0v) is 19.0. The van der Waals surface area contributed by atoms with Crippen LogP contribution in [0.3, 0.4) is 0 Å². The van der Waals surface area contributed by atoms with Crippen molar-refractivity contribution in [3.63, 3.8) is 0 Å². The maximum Gasteiger partial charge on any atom is 0.191 e. The smallest absolute Gasteiger partial charge is 0.191 e. The number of anilines is 1. The molecule has 1 unspecified atom stereocenters. The average molecular weight is 432 g/mol. The zero-order chi connectivity index (χ0) is 19.9. The normalized spacial score (nSPS) is 22.0. The van der Waals surface area contributed by atoms with E-state index >= 15 is 0 Å². The highest BCUT2D eigenvalue weighted by molar-refractivity contribution is 7.14. The van der Waals surface area contributed by atoms with E-state index in [2.05, 4.69) is 60.5 Å². The van der Waals surface area contributed by atoms with Crippen molar-refractivity contribution in [3.05, 3.63) is 39.9 Å². The van der Waals surface area contributed by atoms with Crippen LogP contribution in [-0.4, -0.2) is 56.7 Å². The molecule has 158 valence electrons. The minimum atomic E-state index is 0.513. The third-order valence-electron chi connectivity index (χ3n) is 6.00. The van der Waals surface area contributed by atoms with Crippen molar-refractivity contribution in [1.82, 2.24) is 15.5 Å². The lowest BCUT2D eigenvalue weighted by Gasteiger charge is -2.35. The van der Waals surface area contributed by atoms with Gasteiger partial charge in [0.25, 0.3) is 0 Å². The summed E-state index contributed by atoms with van der Waals surface area (Å²) < 4.78 is 0. The predicted molar refractivity (Wildman–Crippen MR) is 126 cm³/mol. The summed E-state index contributed by atoms with van der Waals surface area (Å²) in [6, 6.07) is 9.29. The molecule has 2 fully saturated rings. The summed E-state index contributed by atoms with van der Waals surface area (Å²) in [5, 5.41) is 13.0. The van der Waals surface area contributed by atoms with Crippen molar-refractivity contribution < 1.29 is 0 Å². The summed E-state index contributed by atoms with van der Waals surface area (Å²) >= 11 is 3.71. The van der Waals surface area contributed by atoms with Gasteiger partial charge in [-0.05, 0) is 67.1 Å². The van der Waals surface area contributed by atoms with Gasteiger partial charge in [0.2, 0.25) is 0 Å². The number of thiophene rings is 2. The van der Waals surface area contributed by atoms with Crippen LogP contribution in [-0.2, 0) is 6.54 Å². The van der Waals surface area contributed by atoms with Gasteiger partial charge in [-0.1, -0.05) is 6.07 Å². The fourth-order valence-electron chi connectivity index (χ4n) is 4.41. The summed E-state index contributed by atoms with van der Waals surface area (Å²) in [4.78, 5) is 11.1. The van der Waals surface area contributed by atoms with E-state index in [-0.39, 0.29) is 0 Å². The number of nitrogens with one attached hydrogen (secondary N) is 2. The van der Waals surface area contributed by atoms with Crippen LogP contribution in [0.4, 0.5) is 5.00 Å². The van der Waals surface area contributed by atoms with Gasteiger partial charge in [-0.25, -0.2) is 0 Å². The maximum absolute atomic E-state index is 4.49. The van der Waals surface area contributed by atoms with Crippen LogP contribution in [0.2, 0.25) is 0 Å². The average Bonchev–Trinajstić information content (AvgIpc) is 3.46. The predicted octanol–water partition coefficient (Wildman–Crippen LogP) is 3.86. The number of piperidine rings is 2. The van der Waals surface area contributed by atoms with Gasteiger partial charge < -0.3 is 15.5 Å². The van der Waals surface area contributed by atoms with E-state index in [1.54, 1.807) is 0 Å². The van der Waals surface area contributed by atoms with Crippen LogP contribution in [0, 0.1) is 5.92 Å². The van der Waals surface area contributed by atoms with E-state index in [1.165, 1.54) is 35.8 Å². The first-order chi connectivity index (χ1) is 14.3. The number of hydrogen-bond donors (Lipinski definition) is 2. The summed E-state index contributed by atoms with van der Waals surface area (Å²) in [5.41, 5.74) is 0. The van der Waals surface area contributed by atoms with Crippen LogP contribution in [0.15, 0.2) is 40.0 Å². The SMILES string of the molecule is CN=C(NCC1CCCN(Cc2cccs2)C1)NC1CCN(c2cccs2)CC1. The second-order valence-electron chi connectivity index (χ2n) is 8.13. The molecule has 29 heavy (non-hydrogen) atoms. The third-order valence-corrected chi connectivity index (χ3v) is 7.79. The molecule has 1 atom stereocenters. The summed E-state index contributed by atoms with van der Waals surface area (Å²) in [6.07, 6.45) is 4.93. The molecule has 4 rings (SSSR count). The molecule has 2 N–H and O–H groups in total. The Bertz CT molecular complexity index is 735. The molecule has 2 saturated heterocycles. The number of likely N-dealkylation sites (tertiary alicyclic amines) is 1. The van der Waals surface area contributed by atoms with Gasteiger partial charge in [0, 0.05) is 50.7 Å². The van der Waals surface area contributed by atoms with Crippen molar-refractivity contribution in [2.24, 2.45) is 10.9 Å². The monoisotopic (exact) mass is 431 g/mol. The van der Waals surface area contributed by atoms with Crippen molar-refractivity contribution in [2.45, 2.75) is 38.3 Å². The topological polar surface area (TPSA) is 42.9 Å². The van der Waals surface area contributed by atoms with Crippen LogP contribution < -0.4 is 15.5 Å². The minimum absolute atomic E-state index is 0.513. The molecule has 0 radical (unpaired) electrons. The first-order valence-electron chi connectivity index (χ1n) is 10.8. The van der Waals surface area contributed by atoms with Gasteiger partial charge in [-0.2, -0.15) is 0 Å². The number of guanidine groups is 1. The molecule has 0 aliphatic carbocycles. The second-order valence-corrected chi connectivity index (χ2v) is 10.1. The van der Waals surface area contributed by atoms with E-state index in [0.717, 1.165) is 45.0 Å². The van der Waals surface area contributed by atoms with E-state index in [4.69, 9.17) is 0 Å². The van der Waals surface area contributed by atoms with Crippen LogP contribution in [0.1, 0.15) is 30.6 Å². The Morgan fingerprint density at radius 2 is 1.93 bits per heavy atom. The molecule has 0 saturated carbocycles. The first-order valence-corrected chi connectivity index (χ1v) is 12.6.